The predicted molar refractivity (Wildman–Crippen MR) is 51.9 cm³/mol. The third kappa shape index (κ3) is 2.10. The van der Waals surface area contributed by atoms with Gasteiger partial charge in [0.05, 0.1) is 11.5 Å². The molecule has 1 N–H and O–H groups in total. The maximum Gasteiger partial charge on any atom is 0.0680 e. The van der Waals surface area contributed by atoms with Gasteiger partial charge < -0.3 is 5.11 Å². The Morgan fingerprint density at radius 1 is 1.27 bits per heavy atom. The Morgan fingerprint density at radius 3 is 1.73 bits per heavy atom. The zero-order chi connectivity index (χ0) is 9.28. The van der Waals surface area contributed by atoms with Gasteiger partial charge in [0.15, 0.2) is 0 Å². The average Bonchev–Trinajstić information content (AvgIpc) is 1.87. The van der Waals surface area contributed by atoms with Gasteiger partial charge in [-0.15, -0.1) is 0 Å². The summed E-state index contributed by atoms with van der Waals surface area (Å²) < 4.78 is 0. The van der Waals surface area contributed by atoms with Gasteiger partial charge in [-0.1, -0.05) is 13.8 Å². The Hall–Kier alpha value is 0.270. The smallest absolute Gasteiger partial charge is 0.0680 e. The van der Waals surface area contributed by atoms with Crippen molar-refractivity contribution in [1.29, 1.82) is 0 Å². The molecule has 0 rings (SSSR count). The molecular formula is C8H19NOS. The fraction of sp³-hybridized carbons (Fsp3) is 1.00. The molecule has 0 heterocycles. The molecule has 0 radical (unpaired) electrons. The minimum atomic E-state index is -0.276. The summed E-state index contributed by atoms with van der Waals surface area (Å²) in [5, 5.41) is 9.10. The standard InChI is InChI=1S/C8H19NOS/c1-7(2,6-10)8(3,11)9(4)5/h10-11H,6H2,1-5H3. The molecule has 0 aliphatic rings. The van der Waals surface area contributed by atoms with Crippen molar-refractivity contribution >= 4 is 12.6 Å². The van der Waals surface area contributed by atoms with Gasteiger partial charge >= 0.3 is 0 Å². The molecule has 1 atom stereocenters. The molecule has 0 aromatic heterocycles. The summed E-state index contributed by atoms with van der Waals surface area (Å²) in [6.07, 6.45) is 0. The second-order valence-corrected chi connectivity index (χ2v) is 4.83. The van der Waals surface area contributed by atoms with Crippen LogP contribution in [0.2, 0.25) is 0 Å². The van der Waals surface area contributed by atoms with Crippen LogP contribution in [0.25, 0.3) is 0 Å². The highest BCUT2D eigenvalue weighted by Gasteiger charge is 2.39. The quantitative estimate of drug-likeness (QED) is 0.500. The van der Waals surface area contributed by atoms with Gasteiger partial charge in [-0.25, -0.2) is 0 Å². The van der Waals surface area contributed by atoms with E-state index < -0.39 is 0 Å². The first-order chi connectivity index (χ1) is 4.75. The summed E-state index contributed by atoms with van der Waals surface area (Å²) in [5.74, 6) is 0. The minimum absolute atomic E-state index is 0.144. The Morgan fingerprint density at radius 2 is 1.64 bits per heavy atom. The van der Waals surface area contributed by atoms with Gasteiger partial charge in [-0.2, -0.15) is 12.6 Å². The summed E-state index contributed by atoms with van der Waals surface area (Å²) in [6, 6.07) is 0. The second-order valence-electron chi connectivity index (χ2n) is 3.96. The van der Waals surface area contributed by atoms with E-state index in [0.29, 0.717) is 0 Å². The molecule has 0 aromatic rings. The number of aliphatic hydroxyl groups is 1. The third-order valence-corrected chi connectivity index (χ3v) is 3.55. The molecule has 0 aliphatic carbocycles. The topological polar surface area (TPSA) is 23.5 Å². The molecular weight excluding hydrogens is 158 g/mol. The van der Waals surface area contributed by atoms with E-state index in [1.807, 2.05) is 39.8 Å². The van der Waals surface area contributed by atoms with Crippen molar-refractivity contribution in [3.8, 4) is 0 Å². The lowest BCUT2D eigenvalue weighted by atomic mass is 9.85. The lowest BCUT2D eigenvalue weighted by Crippen LogP contribution is -2.50. The Bertz CT molecular complexity index is 132. The van der Waals surface area contributed by atoms with E-state index in [9.17, 15) is 0 Å². The van der Waals surface area contributed by atoms with Crippen LogP contribution in [0.5, 0.6) is 0 Å². The molecule has 2 nitrogen and oxygen atoms in total. The fourth-order valence-electron chi connectivity index (χ4n) is 0.755. The molecule has 0 aliphatic heterocycles. The highest BCUT2D eigenvalue weighted by molar-refractivity contribution is 7.81. The Balaban J connectivity index is 4.53. The summed E-state index contributed by atoms with van der Waals surface area (Å²) in [5.41, 5.74) is -0.195. The van der Waals surface area contributed by atoms with Crippen LogP contribution in [0.4, 0.5) is 0 Å². The van der Waals surface area contributed by atoms with Crippen molar-refractivity contribution in [2.45, 2.75) is 25.6 Å². The van der Waals surface area contributed by atoms with Gasteiger partial charge in [0.1, 0.15) is 0 Å². The molecule has 0 spiro atoms. The number of hydrogen-bond donors (Lipinski definition) is 2. The van der Waals surface area contributed by atoms with Crippen LogP contribution in [-0.4, -0.2) is 35.6 Å². The van der Waals surface area contributed by atoms with Crippen LogP contribution in [-0.2, 0) is 0 Å². The largest absolute Gasteiger partial charge is 0.396 e. The van der Waals surface area contributed by atoms with Gasteiger partial charge in [0.25, 0.3) is 0 Å². The van der Waals surface area contributed by atoms with E-state index in [1.165, 1.54) is 0 Å². The Kier molecular flexibility index (Phi) is 3.42. The zero-order valence-electron chi connectivity index (χ0n) is 8.05. The highest BCUT2D eigenvalue weighted by atomic mass is 32.1. The molecule has 0 aromatic carbocycles. The van der Waals surface area contributed by atoms with Gasteiger partial charge in [0.2, 0.25) is 0 Å². The SMILES string of the molecule is CN(C)C(C)(S)C(C)(C)CO. The first kappa shape index (κ1) is 11.3. The molecule has 1 unspecified atom stereocenters. The molecule has 3 heteroatoms. The number of thiol groups is 1. The normalized spacial score (nSPS) is 18.5. The summed E-state index contributed by atoms with van der Waals surface area (Å²) in [4.78, 5) is 1.73. The summed E-state index contributed by atoms with van der Waals surface area (Å²) in [6.45, 7) is 6.15. The van der Waals surface area contributed by atoms with Crippen LogP contribution in [0, 0.1) is 5.41 Å². The van der Waals surface area contributed by atoms with E-state index in [4.69, 9.17) is 5.11 Å². The van der Waals surface area contributed by atoms with E-state index in [0.717, 1.165) is 0 Å². The van der Waals surface area contributed by atoms with E-state index in [-0.39, 0.29) is 16.9 Å². The second kappa shape index (κ2) is 3.33. The summed E-state index contributed by atoms with van der Waals surface area (Å²) in [7, 11) is 3.93. The van der Waals surface area contributed by atoms with Gasteiger partial charge in [0, 0.05) is 5.41 Å². The van der Waals surface area contributed by atoms with Crippen LogP contribution in [0.1, 0.15) is 20.8 Å². The predicted octanol–water partition coefficient (Wildman–Crippen LogP) is 1.21. The lowest BCUT2D eigenvalue weighted by Gasteiger charge is -2.44. The van der Waals surface area contributed by atoms with Crippen LogP contribution < -0.4 is 0 Å². The first-order valence-electron chi connectivity index (χ1n) is 3.76. The molecule has 11 heavy (non-hydrogen) atoms. The van der Waals surface area contributed by atoms with Crippen molar-refractivity contribution in [3.05, 3.63) is 0 Å². The lowest BCUT2D eigenvalue weighted by molar-refractivity contribution is 0.0549. The molecule has 0 saturated heterocycles. The summed E-state index contributed by atoms with van der Waals surface area (Å²) >= 11 is 4.51. The minimum Gasteiger partial charge on any atom is -0.396 e. The van der Waals surface area contributed by atoms with Crippen molar-refractivity contribution in [1.82, 2.24) is 4.90 Å². The molecule has 0 saturated carbocycles. The maximum absolute atomic E-state index is 9.10. The van der Waals surface area contributed by atoms with Crippen LogP contribution >= 0.6 is 12.6 Å². The number of nitrogens with zero attached hydrogens (tertiary/aromatic N) is 1. The van der Waals surface area contributed by atoms with E-state index >= 15 is 0 Å². The molecule has 68 valence electrons. The van der Waals surface area contributed by atoms with E-state index in [1.54, 1.807) is 0 Å². The molecule has 0 amide bonds. The third-order valence-electron chi connectivity index (χ3n) is 2.55. The van der Waals surface area contributed by atoms with Crippen molar-refractivity contribution < 1.29 is 5.11 Å². The Labute approximate surface area is 75.0 Å². The maximum atomic E-state index is 9.10. The van der Waals surface area contributed by atoms with E-state index in [2.05, 4.69) is 12.6 Å². The monoisotopic (exact) mass is 177 g/mol. The number of rotatable bonds is 3. The molecule has 0 fully saturated rings. The zero-order valence-corrected chi connectivity index (χ0v) is 8.94. The van der Waals surface area contributed by atoms with Crippen LogP contribution in [0.15, 0.2) is 0 Å². The first-order valence-corrected chi connectivity index (χ1v) is 4.21. The van der Waals surface area contributed by atoms with Gasteiger partial charge in [-0.3, -0.25) is 4.90 Å². The number of aliphatic hydroxyl groups excluding tert-OH is 1. The molecule has 0 bridgehead atoms. The number of hydrogen-bond acceptors (Lipinski definition) is 3. The van der Waals surface area contributed by atoms with Crippen molar-refractivity contribution in [3.63, 3.8) is 0 Å². The van der Waals surface area contributed by atoms with Crippen LogP contribution in [0.3, 0.4) is 0 Å². The van der Waals surface area contributed by atoms with Gasteiger partial charge in [-0.05, 0) is 21.0 Å². The highest BCUT2D eigenvalue weighted by Crippen LogP contribution is 2.36. The average molecular weight is 177 g/mol. The van der Waals surface area contributed by atoms with Crippen molar-refractivity contribution in [2.24, 2.45) is 5.41 Å². The fourth-order valence-corrected chi connectivity index (χ4v) is 0.826. The van der Waals surface area contributed by atoms with Crippen molar-refractivity contribution in [2.75, 3.05) is 20.7 Å².